The number of aromatic nitrogens is 2. The summed E-state index contributed by atoms with van der Waals surface area (Å²) in [6.07, 6.45) is 1.46. The third-order valence-electron chi connectivity index (χ3n) is 2.26. The van der Waals surface area contributed by atoms with Crippen LogP contribution in [0.25, 0.3) is 0 Å². The van der Waals surface area contributed by atoms with Crippen LogP contribution >= 0.6 is 0 Å². The molecule has 5 nitrogen and oxygen atoms in total. The van der Waals surface area contributed by atoms with Crippen LogP contribution in [0.4, 0.5) is 17.3 Å². The number of anilines is 3. The highest BCUT2D eigenvalue weighted by atomic mass is 15.4. The lowest BCUT2D eigenvalue weighted by Crippen LogP contribution is -2.20. The van der Waals surface area contributed by atoms with E-state index in [0.29, 0.717) is 5.82 Å². The summed E-state index contributed by atoms with van der Waals surface area (Å²) < 4.78 is 0. The van der Waals surface area contributed by atoms with Gasteiger partial charge in [-0.1, -0.05) is 6.58 Å². The van der Waals surface area contributed by atoms with Gasteiger partial charge in [0.1, 0.15) is 17.8 Å². The van der Waals surface area contributed by atoms with Gasteiger partial charge in [0.15, 0.2) is 11.6 Å². The highest BCUT2D eigenvalue weighted by Gasteiger charge is 2.28. The Kier molecular flexibility index (Phi) is 1.42. The summed E-state index contributed by atoms with van der Waals surface area (Å²) in [6, 6.07) is 0. The zero-order valence-corrected chi connectivity index (χ0v) is 7.65. The van der Waals surface area contributed by atoms with E-state index < -0.39 is 0 Å². The third kappa shape index (κ3) is 0.867. The second kappa shape index (κ2) is 2.35. The first-order valence-corrected chi connectivity index (χ1v) is 3.89. The smallest absolute Gasteiger partial charge is 0.163 e. The number of fused-ring (bicyclic) bond motifs is 1. The molecule has 0 radical (unpaired) electrons. The van der Waals surface area contributed by atoms with Gasteiger partial charge < -0.3 is 15.5 Å². The lowest BCUT2D eigenvalue weighted by Gasteiger charge is -2.15. The Morgan fingerprint density at radius 1 is 1.31 bits per heavy atom. The van der Waals surface area contributed by atoms with Crippen LogP contribution < -0.4 is 15.5 Å². The molecule has 5 heteroatoms. The van der Waals surface area contributed by atoms with Gasteiger partial charge in [0.25, 0.3) is 0 Å². The Labute approximate surface area is 76.5 Å². The Morgan fingerprint density at radius 2 is 2.00 bits per heavy atom. The monoisotopic (exact) mass is 177 g/mol. The summed E-state index contributed by atoms with van der Waals surface area (Å²) >= 11 is 0. The Morgan fingerprint density at radius 3 is 2.62 bits per heavy atom. The van der Waals surface area contributed by atoms with E-state index >= 15 is 0 Å². The second-order valence-electron chi connectivity index (χ2n) is 2.97. The van der Waals surface area contributed by atoms with Crippen molar-refractivity contribution in [1.82, 2.24) is 9.97 Å². The van der Waals surface area contributed by atoms with Crippen molar-refractivity contribution >= 4 is 17.3 Å². The van der Waals surface area contributed by atoms with E-state index in [0.717, 1.165) is 17.3 Å². The third-order valence-corrected chi connectivity index (χ3v) is 2.26. The fraction of sp³-hybridized carbons (Fsp3) is 0.250. The predicted octanol–water partition coefficient (Wildman–Crippen LogP) is 0.416. The maximum Gasteiger partial charge on any atom is 0.163 e. The average Bonchev–Trinajstić information content (AvgIpc) is 2.33. The number of nitrogens with zero attached hydrogens (tertiary/aromatic N) is 4. The summed E-state index contributed by atoms with van der Waals surface area (Å²) in [6.45, 7) is 3.90. The van der Waals surface area contributed by atoms with Gasteiger partial charge in [0.05, 0.1) is 0 Å². The maximum absolute atomic E-state index is 5.73. The van der Waals surface area contributed by atoms with Crippen LogP contribution in [0.15, 0.2) is 18.7 Å². The summed E-state index contributed by atoms with van der Waals surface area (Å²) in [5.41, 5.74) is 6.55. The molecule has 0 aliphatic carbocycles. The topological polar surface area (TPSA) is 58.3 Å². The molecule has 0 fully saturated rings. The molecule has 0 unspecified atom stereocenters. The first kappa shape index (κ1) is 7.85. The van der Waals surface area contributed by atoms with Crippen LogP contribution in [0.5, 0.6) is 0 Å². The molecule has 13 heavy (non-hydrogen) atoms. The lowest BCUT2D eigenvalue weighted by molar-refractivity contribution is 1.04. The molecule has 1 aromatic heterocycles. The van der Waals surface area contributed by atoms with Crippen LogP contribution in [-0.2, 0) is 0 Å². The zero-order chi connectivity index (χ0) is 9.59. The molecule has 0 saturated heterocycles. The molecule has 2 heterocycles. The fourth-order valence-corrected chi connectivity index (χ4v) is 1.43. The van der Waals surface area contributed by atoms with E-state index in [1.807, 2.05) is 23.9 Å². The zero-order valence-electron chi connectivity index (χ0n) is 7.65. The molecule has 0 aromatic carbocycles. The number of nitrogens with two attached hydrogens (primary N) is 1. The number of nitrogen functional groups attached to an aromatic ring is 1. The number of rotatable bonds is 0. The van der Waals surface area contributed by atoms with Crippen LogP contribution in [0, 0.1) is 0 Å². The van der Waals surface area contributed by atoms with E-state index in [9.17, 15) is 0 Å². The molecule has 1 aliphatic heterocycles. The van der Waals surface area contributed by atoms with Crippen LogP contribution in [0.2, 0.25) is 0 Å². The average molecular weight is 177 g/mol. The molecular weight excluding hydrogens is 166 g/mol. The van der Waals surface area contributed by atoms with Crippen LogP contribution in [-0.4, -0.2) is 24.1 Å². The van der Waals surface area contributed by atoms with E-state index in [-0.39, 0.29) is 0 Å². The molecule has 0 amide bonds. The SMILES string of the molecule is C=C1N(C)c2ncnc(N)c2N1C. The van der Waals surface area contributed by atoms with E-state index in [4.69, 9.17) is 5.73 Å². The largest absolute Gasteiger partial charge is 0.382 e. The van der Waals surface area contributed by atoms with Gasteiger partial charge in [-0.3, -0.25) is 0 Å². The van der Waals surface area contributed by atoms with Gasteiger partial charge in [-0.25, -0.2) is 9.97 Å². The Balaban J connectivity index is 2.66. The van der Waals surface area contributed by atoms with Gasteiger partial charge in [0.2, 0.25) is 0 Å². The van der Waals surface area contributed by atoms with Gasteiger partial charge in [-0.2, -0.15) is 0 Å². The van der Waals surface area contributed by atoms with E-state index in [1.54, 1.807) is 0 Å². The molecule has 2 rings (SSSR count). The van der Waals surface area contributed by atoms with Crippen molar-refractivity contribution in [3.63, 3.8) is 0 Å². The van der Waals surface area contributed by atoms with Gasteiger partial charge >= 0.3 is 0 Å². The summed E-state index contributed by atoms with van der Waals surface area (Å²) in [4.78, 5) is 11.8. The maximum atomic E-state index is 5.73. The Hall–Kier alpha value is -1.78. The minimum Gasteiger partial charge on any atom is -0.382 e. The molecule has 68 valence electrons. The van der Waals surface area contributed by atoms with Crippen molar-refractivity contribution < 1.29 is 0 Å². The molecule has 2 N–H and O–H groups in total. The molecular formula is C8H11N5. The molecule has 1 aliphatic rings. The first-order valence-electron chi connectivity index (χ1n) is 3.89. The van der Waals surface area contributed by atoms with E-state index in [2.05, 4.69) is 16.5 Å². The van der Waals surface area contributed by atoms with Crippen molar-refractivity contribution in [2.75, 3.05) is 29.6 Å². The normalized spacial score (nSPS) is 15.1. The highest BCUT2D eigenvalue weighted by molar-refractivity contribution is 5.85. The van der Waals surface area contributed by atoms with Crippen molar-refractivity contribution in [3.8, 4) is 0 Å². The molecule has 0 bridgehead atoms. The standard InChI is InChI=1S/C8H11N5/c1-5-12(2)6-7(9)10-4-11-8(6)13(5)3/h4H,1H2,2-3H3,(H2,9,10,11). The molecule has 0 atom stereocenters. The molecule has 1 aromatic rings. The molecule has 0 spiro atoms. The van der Waals surface area contributed by atoms with Gasteiger partial charge in [-0.05, 0) is 0 Å². The first-order chi connectivity index (χ1) is 6.13. The summed E-state index contributed by atoms with van der Waals surface area (Å²) in [5, 5.41) is 0. The minimum atomic E-state index is 0.484. The lowest BCUT2D eigenvalue weighted by atomic mass is 10.4. The second-order valence-corrected chi connectivity index (χ2v) is 2.97. The molecule has 0 saturated carbocycles. The van der Waals surface area contributed by atoms with Crippen LogP contribution in [0.3, 0.4) is 0 Å². The van der Waals surface area contributed by atoms with Gasteiger partial charge in [0, 0.05) is 14.1 Å². The summed E-state index contributed by atoms with van der Waals surface area (Å²) in [5.74, 6) is 2.14. The minimum absolute atomic E-state index is 0.484. The Bertz CT molecular complexity index is 373. The van der Waals surface area contributed by atoms with E-state index in [1.165, 1.54) is 6.33 Å². The van der Waals surface area contributed by atoms with Crippen LogP contribution in [0.1, 0.15) is 0 Å². The highest BCUT2D eigenvalue weighted by Crippen LogP contribution is 2.39. The van der Waals surface area contributed by atoms with Crippen molar-refractivity contribution in [3.05, 3.63) is 18.7 Å². The van der Waals surface area contributed by atoms with Crippen molar-refractivity contribution in [2.45, 2.75) is 0 Å². The fourth-order valence-electron chi connectivity index (χ4n) is 1.43. The number of hydrogen-bond donors (Lipinski definition) is 1. The quantitative estimate of drug-likeness (QED) is 0.622. The van der Waals surface area contributed by atoms with Crippen molar-refractivity contribution in [1.29, 1.82) is 0 Å². The predicted molar refractivity (Wildman–Crippen MR) is 52.4 cm³/mol. The van der Waals surface area contributed by atoms with Gasteiger partial charge in [-0.15, -0.1) is 0 Å². The number of hydrogen-bond acceptors (Lipinski definition) is 5. The van der Waals surface area contributed by atoms with Crippen molar-refractivity contribution in [2.24, 2.45) is 0 Å². The summed E-state index contributed by atoms with van der Waals surface area (Å²) in [7, 11) is 3.79.